The average molecular weight is 301 g/mol. The molecule has 1 aliphatic rings. The number of amides is 1. The highest BCUT2D eigenvalue weighted by molar-refractivity contribution is 5.78. The fraction of sp³-hybridized carbons (Fsp3) is 0.429. The predicted molar refractivity (Wildman–Crippen MR) is 68.1 cm³/mol. The van der Waals surface area contributed by atoms with E-state index in [4.69, 9.17) is 4.74 Å². The first-order valence-corrected chi connectivity index (χ1v) is 6.38. The number of carbonyl (C=O) groups excluding carboxylic acids is 2. The van der Waals surface area contributed by atoms with Gasteiger partial charge in [0, 0.05) is 18.7 Å². The second-order valence-corrected chi connectivity index (χ2v) is 4.90. The van der Waals surface area contributed by atoms with Gasteiger partial charge in [-0.25, -0.2) is 0 Å². The van der Waals surface area contributed by atoms with Gasteiger partial charge in [0.25, 0.3) is 5.91 Å². The first kappa shape index (κ1) is 15.3. The van der Waals surface area contributed by atoms with E-state index < -0.39 is 24.1 Å². The number of halogens is 3. The quantitative estimate of drug-likeness (QED) is 0.785. The second-order valence-electron chi connectivity index (χ2n) is 4.90. The van der Waals surface area contributed by atoms with Gasteiger partial charge in [0.1, 0.15) is 12.0 Å². The van der Waals surface area contributed by atoms with Crippen molar-refractivity contribution in [2.24, 2.45) is 0 Å². The van der Waals surface area contributed by atoms with E-state index in [0.717, 1.165) is 18.9 Å². The highest BCUT2D eigenvalue weighted by atomic mass is 19.4. The molecule has 1 aromatic rings. The van der Waals surface area contributed by atoms with Crippen LogP contribution in [-0.4, -0.2) is 36.8 Å². The molecule has 0 unspecified atom stereocenters. The van der Waals surface area contributed by atoms with Crippen molar-refractivity contribution in [3.63, 3.8) is 0 Å². The zero-order valence-electron chi connectivity index (χ0n) is 11.3. The Morgan fingerprint density at radius 1 is 1.43 bits per heavy atom. The summed E-state index contributed by atoms with van der Waals surface area (Å²) in [4.78, 5) is 23.8. The van der Waals surface area contributed by atoms with Gasteiger partial charge in [-0.3, -0.25) is 9.59 Å². The summed E-state index contributed by atoms with van der Waals surface area (Å²) in [6.45, 7) is -0.462. The van der Waals surface area contributed by atoms with Gasteiger partial charge in [0.05, 0.1) is 5.56 Å². The van der Waals surface area contributed by atoms with Crippen LogP contribution < -0.4 is 4.74 Å². The Morgan fingerprint density at radius 3 is 2.62 bits per heavy atom. The van der Waals surface area contributed by atoms with Crippen LogP contribution in [0.15, 0.2) is 18.2 Å². The summed E-state index contributed by atoms with van der Waals surface area (Å²) in [6.07, 6.45) is -2.51. The van der Waals surface area contributed by atoms with Crippen molar-refractivity contribution in [1.82, 2.24) is 4.90 Å². The van der Waals surface area contributed by atoms with Gasteiger partial charge in [-0.1, -0.05) is 0 Å². The summed E-state index contributed by atoms with van der Waals surface area (Å²) in [6, 6.07) is 3.14. The minimum atomic E-state index is -4.65. The molecule has 0 heterocycles. The number of carbonyl (C=O) groups is 2. The largest absolute Gasteiger partial charge is 0.483 e. The van der Waals surface area contributed by atoms with Crippen molar-refractivity contribution in [2.45, 2.75) is 25.1 Å². The van der Waals surface area contributed by atoms with Crippen LogP contribution in [0, 0.1) is 0 Å². The maximum absolute atomic E-state index is 12.9. The van der Waals surface area contributed by atoms with Crippen LogP contribution in [0.25, 0.3) is 0 Å². The third kappa shape index (κ3) is 3.74. The normalized spacial score (nSPS) is 14.7. The van der Waals surface area contributed by atoms with Crippen molar-refractivity contribution in [3.05, 3.63) is 29.3 Å². The molecule has 1 amide bonds. The van der Waals surface area contributed by atoms with Crippen LogP contribution in [-0.2, 0) is 11.0 Å². The molecule has 2 rings (SSSR count). The molecule has 0 aromatic heterocycles. The number of ether oxygens (including phenoxy) is 1. The number of likely N-dealkylation sites (N-methyl/N-ethyl adjacent to an activating group) is 1. The SMILES string of the molecule is CN(C(=O)COc1ccc(C=O)cc1C(F)(F)F)C1CC1. The van der Waals surface area contributed by atoms with E-state index in [1.807, 2.05) is 0 Å². The number of hydrogen-bond donors (Lipinski definition) is 0. The van der Waals surface area contributed by atoms with Crippen molar-refractivity contribution >= 4 is 12.2 Å². The minimum Gasteiger partial charge on any atom is -0.483 e. The summed E-state index contributed by atoms with van der Waals surface area (Å²) in [5.74, 6) is -0.823. The Hall–Kier alpha value is -2.05. The van der Waals surface area contributed by atoms with E-state index in [0.29, 0.717) is 12.4 Å². The third-order valence-corrected chi connectivity index (χ3v) is 3.28. The van der Waals surface area contributed by atoms with Crippen LogP contribution in [0.4, 0.5) is 13.2 Å². The minimum absolute atomic E-state index is 0.101. The lowest BCUT2D eigenvalue weighted by atomic mass is 10.1. The molecule has 1 fully saturated rings. The molecule has 0 saturated heterocycles. The van der Waals surface area contributed by atoms with Crippen molar-refractivity contribution < 1.29 is 27.5 Å². The fourth-order valence-electron chi connectivity index (χ4n) is 1.88. The van der Waals surface area contributed by atoms with E-state index in [1.165, 1.54) is 11.0 Å². The summed E-state index contributed by atoms with van der Waals surface area (Å²) in [5, 5.41) is 0. The molecule has 0 spiro atoms. The Labute approximate surface area is 119 Å². The number of alkyl halides is 3. The number of rotatable bonds is 5. The van der Waals surface area contributed by atoms with Gasteiger partial charge < -0.3 is 9.64 Å². The molecule has 4 nitrogen and oxygen atoms in total. The maximum Gasteiger partial charge on any atom is 0.419 e. The molecule has 21 heavy (non-hydrogen) atoms. The highest BCUT2D eigenvalue weighted by Gasteiger charge is 2.35. The molecule has 0 bridgehead atoms. The summed E-state index contributed by atoms with van der Waals surface area (Å²) < 4.78 is 43.7. The van der Waals surface area contributed by atoms with Gasteiger partial charge in [0.15, 0.2) is 6.61 Å². The molecule has 7 heteroatoms. The van der Waals surface area contributed by atoms with E-state index >= 15 is 0 Å². The molecular formula is C14H14F3NO3. The first-order valence-electron chi connectivity index (χ1n) is 6.38. The van der Waals surface area contributed by atoms with E-state index in [1.54, 1.807) is 7.05 Å². The summed E-state index contributed by atoms with van der Waals surface area (Å²) in [5.41, 5.74) is -1.16. The van der Waals surface area contributed by atoms with Gasteiger partial charge in [-0.15, -0.1) is 0 Å². The topological polar surface area (TPSA) is 46.6 Å². The Morgan fingerprint density at radius 2 is 2.10 bits per heavy atom. The van der Waals surface area contributed by atoms with Crippen LogP contribution in [0.3, 0.4) is 0 Å². The van der Waals surface area contributed by atoms with Crippen LogP contribution in [0.5, 0.6) is 5.75 Å². The molecule has 114 valence electrons. The Balaban J connectivity index is 2.11. The maximum atomic E-state index is 12.9. The molecule has 0 atom stereocenters. The number of nitrogens with zero attached hydrogens (tertiary/aromatic N) is 1. The lowest BCUT2D eigenvalue weighted by Gasteiger charge is -2.18. The van der Waals surface area contributed by atoms with Crippen LogP contribution in [0.2, 0.25) is 0 Å². The summed E-state index contributed by atoms with van der Waals surface area (Å²) in [7, 11) is 1.60. The number of hydrogen-bond acceptors (Lipinski definition) is 3. The number of benzene rings is 1. The van der Waals surface area contributed by atoms with Gasteiger partial charge in [-0.2, -0.15) is 13.2 Å². The predicted octanol–water partition coefficient (Wildman–Crippen LogP) is 2.52. The monoisotopic (exact) mass is 301 g/mol. The second kappa shape index (κ2) is 5.75. The molecular weight excluding hydrogens is 287 g/mol. The molecule has 0 aliphatic heterocycles. The zero-order valence-corrected chi connectivity index (χ0v) is 11.3. The molecule has 0 radical (unpaired) electrons. The van der Waals surface area contributed by atoms with Gasteiger partial charge in [-0.05, 0) is 31.0 Å². The van der Waals surface area contributed by atoms with Crippen molar-refractivity contribution in [3.8, 4) is 5.75 Å². The molecule has 1 aliphatic carbocycles. The summed E-state index contributed by atoms with van der Waals surface area (Å²) >= 11 is 0. The fourth-order valence-corrected chi connectivity index (χ4v) is 1.88. The van der Waals surface area contributed by atoms with Crippen LogP contribution >= 0.6 is 0 Å². The Kier molecular flexibility index (Phi) is 4.20. The lowest BCUT2D eigenvalue weighted by Crippen LogP contribution is -2.33. The van der Waals surface area contributed by atoms with E-state index in [-0.39, 0.29) is 17.5 Å². The lowest BCUT2D eigenvalue weighted by molar-refractivity contribution is -0.140. The third-order valence-electron chi connectivity index (χ3n) is 3.28. The zero-order chi connectivity index (χ0) is 15.6. The highest BCUT2D eigenvalue weighted by Crippen LogP contribution is 2.36. The smallest absolute Gasteiger partial charge is 0.419 e. The van der Waals surface area contributed by atoms with E-state index in [2.05, 4.69) is 0 Å². The average Bonchev–Trinajstić information content (AvgIpc) is 3.27. The van der Waals surface area contributed by atoms with Crippen molar-refractivity contribution in [1.29, 1.82) is 0 Å². The van der Waals surface area contributed by atoms with Gasteiger partial charge in [0.2, 0.25) is 0 Å². The van der Waals surface area contributed by atoms with Crippen molar-refractivity contribution in [2.75, 3.05) is 13.7 Å². The Bertz CT molecular complexity index is 553. The number of aldehydes is 1. The molecule has 1 saturated carbocycles. The molecule has 0 N–H and O–H groups in total. The standard InChI is InChI=1S/C14H14F3NO3/c1-18(10-3-4-10)13(20)8-21-12-5-2-9(7-19)6-11(12)14(15,16)17/h2,5-7,10H,3-4,8H2,1H3. The van der Waals surface area contributed by atoms with Crippen LogP contribution in [0.1, 0.15) is 28.8 Å². The van der Waals surface area contributed by atoms with Gasteiger partial charge >= 0.3 is 6.18 Å². The van der Waals surface area contributed by atoms with E-state index in [9.17, 15) is 22.8 Å². The molecule has 1 aromatic carbocycles. The first-order chi connectivity index (χ1) is 9.82.